The molecule has 1 atom stereocenters. The number of carbonyl (C=O) groups is 1. The molecule has 0 radical (unpaired) electrons. The molecule has 0 spiro atoms. The first-order valence-electron chi connectivity index (χ1n) is 9.53. The summed E-state index contributed by atoms with van der Waals surface area (Å²) in [5.41, 5.74) is 1.63. The molecule has 1 aromatic rings. The third-order valence-electron chi connectivity index (χ3n) is 4.63. The second-order valence-electron chi connectivity index (χ2n) is 7.24. The van der Waals surface area contributed by atoms with Gasteiger partial charge in [-0.15, -0.1) is 0 Å². The minimum atomic E-state index is -0.246. The van der Waals surface area contributed by atoms with E-state index in [1.807, 2.05) is 25.1 Å². The number of hydrogen-bond acceptors (Lipinski definition) is 3. The van der Waals surface area contributed by atoms with Crippen molar-refractivity contribution in [1.82, 2.24) is 0 Å². The Hall–Kier alpha value is -1.35. The average Bonchev–Trinajstić information content (AvgIpc) is 3.33. The third kappa shape index (κ3) is 7.04. The molecule has 134 valence electrons. The SMILES string of the molecule is CCCCCCCCCCc1cccc(C(=O)OCC2(C)CO2)c1. The van der Waals surface area contributed by atoms with Crippen molar-refractivity contribution in [2.24, 2.45) is 0 Å². The van der Waals surface area contributed by atoms with Crippen LogP contribution in [0.5, 0.6) is 0 Å². The quantitative estimate of drug-likeness (QED) is 0.295. The highest BCUT2D eigenvalue weighted by atomic mass is 16.6. The topological polar surface area (TPSA) is 38.8 Å². The Kier molecular flexibility index (Phi) is 7.77. The van der Waals surface area contributed by atoms with E-state index < -0.39 is 0 Å². The molecule has 0 bridgehead atoms. The summed E-state index contributed by atoms with van der Waals surface area (Å²) >= 11 is 0. The monoisotopic (exact) mass is 332 g/mol. The van der Waals surface area contributed by atoms with Gasteiger partial charge in [0.05, 0.1) is 12.2 Å². The lowest BCUT2D eigenvalue weighted by Gasteiger charge is -2.08. The number of carbonyl (C=O) groups excluding carboxylic acids is 1. The Morgan fingerprint density at radius 3 is 2.46 bits per heavy atom. The summed E-state index contributed by atoms with van der Waals surface area (Å²) in [6, 6.07) is 7.85. The molecule has 24 heavy (non-hydrogen) atoms. The molecule has 1 aliphatic rings. The van der Waals surface area contributed by atoms with Crippen molar-refractivity contribution in [3.63, 3.8) is 0 Å². The van der Waals surface area contributed by atoms with Gasteiger partial charge < -0.3 is 9.47 Å². The van der Waals surface area contributed by atoms with Gasteiger partial charge in [0.1, 0.15) is 12.2 Å². The van der Waals surface area contributed by atoms with Crippen LogP contribution in [-0.4, -0.2) is 24.8 Å². The maximum absolute atomic E-state index is 12.1. The Morgan fingerprint density at radius 2 is 1.79 bits per heavy atom. The predicted molar refractivity (Wildman–Crippen MR) is 97.4 cm³/mol. The minimum absolute atomic E-state index is 0.246. The highest BCUT2D eigenvalue weighted by Crippen LogP contribution is 2.26. The van der Waals surface area contributed by atoms with Crippen LogP contribution >= 0.6 is 0 Å². The number of unbranched alkanes of at least 4 members (excludes halogenated alkanes) is 7. The van der Waals surface area contributed by atoms with Gasteiger partial charge >= 0.3 is 5.97 Å². The van der Waals surface area contributed by atoms with E-state index in [9.17, 15) is 4.79 Å². The third-order valence-corrected chi connectivity index (χ3v) is 4.63. The van der Waals surface area contributed by atoms with E-state index in [-0.39, 0.29) is 11.6 Å². The molecule has 0 aliphatic carbocycles. The van der Waals surface area contributed by atoms with Crippen molar-refractivity contribution in [3.8, 4) is 0 Å². The first-order chi connectivity index (χ1) is 11.6. The van der Waals surface area contributed by atoms with Crippen LogP contribution in [0.4, 0.5) is 0 Å². The zero-order chi connectivity index (χ0) is 17.3. The molecule has 0 aromatic heterocycles. The fraction of sp³-hybridized carbons (Fsp3) is 0.667. The molecular formula is C21H32O3. The van der Waals surface area contributed by atoms with Crippen LogP contribution in [0.15, 0.2) is 24.3 Å². The lowest BCUT2D eigenvalue weighted by Crippen LogP contribution is -2.18. The Balaban J connectivity index is 1.63. The Morgan fingerprint density at radius 1 is 1.12 bits per heavy atom. The fourth-order valence-corrected chi connectivity index (χ4v) is 2.82. The molecule has 3 heteroatoms. The van der Waals surface area contributed by atoms with Gasteiger partial charge in [0.2, 0.25) is 0 Å². The van der Waals surface area contributed by atoms with E-state index in [4.69, 9.17) is 9.47 Å². The summed E-state index contributed by atoms with van der Waals surface area (Å²) in [6.07, 6.45) is 11.6. The molecule has 0 amide bonds. The molecule has 1 unspecified atom stereocenters. The van der Waals surface area contributed by atoms with Crippen LogP contribution < -0.4 is 0 Å². The van der Waals surface area contributed by atoms with E-state index in [0.717, 1.165) is 6.42 Å². The van der Waals surface area contributed by atoms with Gasteiger partial charge in [-0.05, 0) is 37.5 Å². The van der Waals surface area contributed by atoms with Gasteiger partial charge in [0.25, 0.3) is 0 Å². The van der Waals surface area contributed by atoms with Crippen LogP contribution in [-0.2, 0) is 15.9 Å². The van der Waals surface area contributed by atoms with Gasteiger partial charge in [-0.25, -0.2) is 4.79 Å². The first-order valence-corrected chi connectivity index (χ1v) is 9.53. The predicted octanol–water partition coefficient (Wildman–Crippen LogP) is 5.32. The van der Waals surface area contributed by atoms with Crippen molar-refractivity contribution in [1.29, 1.82) is 0 Å². The normalized spacial score (nSPS) is 19.2. The molecule has 0 saturated carbocycles. The van der Waals surface area contributed by atoms with Gasteiger partial charge in [-0.1, -0.05) is 64.0 Å². The smallest absolute Gasteiger partial charge is 0.338 e. The average molecular weight is 332 g/mol. The second kappa shape index (κ2) is 9.83. The summed E-state index contributed by atoms with van der Waals surface area (Å²) in [7, 11) is 0. The Labute approximate surface area is 146 Å². The van der Waals surface area contributed by atoms with E-state index in [0.29, 0.717) is 18.8 Å². The lowest BCUT2D eigenvalue weighted by molar-refractivity contribution is 0.0411. The number of benzene rings is 1. The molecule has 1 aliphatic heterocycles. The van der Waals surface area contributed by atoms with Crippen molar-refractivity contribution in [3.05, 3.63) is 35.4 Å². The van der Waals surface area contributed by atoms with Crippen molar-refractivity contribution < 1.29 is 14.3 Å². The van der Waals surface area contributed by atoms with E-state index in [1.54, 1.807) is 0 Å². The lowest BCUT2D eigenvalue weighted by atomic mass is 10.0. The van der Waals surface area contributed by atoms with E-state index in [1.165, 1.54) is 56.9 Å². The number of epoxide rings is 1. The number of ether oxygens (including phenoxy) is 2. The van der Waals surface area contributed by atoms with Gasteiger partial charge in [0.15, 0.2) is 0 Å². The maximum Gasteiger partial charge on any atom is 0.338 e. The van der Waals surface area contributed by atoms with Crippen LogP contribution in [0.1, 0.15) is 81.1 Å². The molecule has 1 saturated heterocycles. The van der Waals surface area contributed by atoms with Crippen LogP contribution in [0, 0.1) is 0 Å². The van der Waals surface area contributed by atoms with E-state index >= 15 is 0 Å². The minimum Gasteiger partial charge on any atom is -0.459 e. The van der Waals surface area contributed by atoms with Crippen LogP contribution in [0.2, 0.25) is 0 Å². The summed E-state index contributed by atoms with van der Waals surface area (Å²) in [5, 5.41) is 0. The van der Waals surface area contributed by atoms with Crippen molar-refractivity contribution in [2.45, 2.75) is 77.2 Å². The molecular weight excluding hydrogens is 300 g/mol. The van der Waals surface area contributed by atoms with Crippen molar-refractivity contribution >= 4 is 5.97 Å². The second-order valence-corrected chi connectivity index (χ2v) is 7.24. The largest absolute Gasteiger partial charge is 0.459 e. The molecule has 2 rings (SSSR count). The van der Waals surface area contributed by atoms with Crippen LogP contribution in [0.3, 0.4) is 0 Å². The molecule has 3 nitrogen and oxygen atoms in total. The van der Waals surface area contributed by atoms with Crippen molar-refractivity contribution in [2.75, 3.05) is 13.2 Å². The number of rotatable bonds is 12. The van der Waals surface area contributed by atoms with E-state index in [2.05, 4.69) is 13.0 Å². The maximum atomic E-state index is 12.1. The summed E-state index contributed by atoms with van der Waals surface area (Å²) in [6.45, 7) is 5.23. The molecule has 1 fully saturated rings. The number of aryl methyl sites for hydroxylation is 1. The van der Waals surface area contributed by atoms with Crippen LogP contribution in [0.25, 0.3) is 0 Å². The standard InChI is InChI=1S/C21H32O3/c1-3-4-5-6-7-8-9-10-12-18-13-11-14-19(15-18)20(22)23-16-21(2)17-24-21/h11,13-15H,3-10,12,16-17H2,1-2H3. The molecule has 0 N–H and O–H groups in total. The number of esters is 1. The fourth-order valence-electron chi connectivity index (χ4n) is 2.82. The van der Waals surface area contributed by atoms with Gasteiger partial charge in [-0.3, -0.25) is 0 Å². The highest BCUT2D eigenvalue weighted by Gasteiger charge is 2.40. The zero-order valence-corrected chi connectivity index (χ0v) is 15.3. The molecule has 1 aromatic carbocycles. The first kappa shape index (κ1) is 19.0. The zero-order valence-electron chi connectivity index (χ0n) is 15.3. The summed E-state index contributed by atoms with van der Waals surface area (Å²) in [4.78, 5) is 12.1. The Bertz CT molecular complexity index is 506. The van der Waals surface area contributed by atoms with Gasteiger partial charge in [-0.2, -0.15) is 0 Å². The van der Waals surface area contributed by atoms with Gasteiger partial charge in [0, 0.05) is 0 Å². The highest BCUT2D eigenvalue weighted by molar-refractivity contribution is 5.89. The summed E-state index contributed by atoms with van der Waals surface area (Å²) < 4.78 is 10.6. The summed E-state index contributed by atoms with van der Waals surface area (Å²) in [5.74, 6) is -0.246. The molecule has 1 heterocycles. The number of hydrogen-bond donors (Lipinski definition) is 0.